The summed E-state index contributed by atoms with van der Waals surface area (Å²) in [6, 6.07) is 9.28. The summed E-state index contributed by atoms with van der Waals surface area (Å²) in [4.78, 5) is 25.8. The molecule has 1 amide bonds. The van der Waals surface area contributed by atoms with Gasteiger partial charge in [0.25, 0.3) is 5.91 Å². The fourth-order valence-electron chi connectivity index (χ4n) is 2.09. The number of hydrogen-bond donors (Lipinski definition) is 0. The first-order valence-corrected chi connectivity index (χ1v) is 7.05. The maximum atomic E-state index is 12.2. The number of carbonyl (C=O) groups excluding carboxylic acids is 2. The van der Waals surface area contributed by atoms with Crippen LogP contribution in [0.15, 0.2) is 36.5 Å². The summed E-state index contributed by atoms with van der Waals surface area (Å²) < 4.78 is 6.69. The van der Waals surface area contributed by atoms with Crippen LogP contribution in [0, 0.1) is 6.92 Å². The number of hydrogen-bond acceptors (Lipinski definition) is 4. The van der Waals surface area contributed by atoms with Crippen LogP contribution in [0.5, 0.6) is 0 Å². The fourth-order valence-corrected chi connectivity index (χ4v) is 2.09. The normalized spacial score (nSPS) is 10.3. The first-order valence-electron chi connectivity index (χ1n) is 7.05. The van der Waals surface area contributed by atoms with Crippen LogP contribution in [0.25, 0.3) is 0 Å². The second kappa shape index (κ2) is 6.89. The van der Waals surface area contributed by atoms with Gasteiger partial charge in [0.15, 0.2) is 6.61 Å². The zero-order valence-electron chi connectivity index (χ0n) is 12.9. The smallest absolute Gasteiger partial charge is 0.342 e. The number of esters is 1. The van der Waals surface area contributed by atoms with Crippen molar-refractivity contribution in [2.45, 2.75) is 13.8 Å². The number of aryl methyl sites for hydroxylation is 1. The average molecular weight is 301 g/mol. The molecular formula is C16H19N3O3. The molecule has 0 saturated heterocycles. The van der Waals surface area contributed by atoms with Crippen molar-refractivity contribution in [3.63, 3.8) is 0 Å². The summed E-state index contributed by atoms with van der Waals surface area (Å²) in [5.74, 6) is -0.799. The average Bonchev–Trinajstić information content (AvgIpc) is 2.86. The van der Waals surface area contributed by atoms with Crippen LogP contribution >= 0.6 is 0 Å². The lowest BCUT2D eigenvalue weighted by molar-refractivity contribution is -0.121. The van der Waals surface area contributed by atoms with Crippen LogP contribution in [0.4, 0.5) is 5.69 Å². The molecule has 6 nitrogen and oxygen atoms in total. The summed E-state index contributed by atoms with van der Waals surface area (Å²) >= 11 is 0. The Kier molecular flexibility index (Phi) is 4.93. The molecule has 0 aliphatic carbocycles. The van der Waals surface area contributed by atoms with Gasteiger partial charge in [-0.25, -0.2) is 4.79 Å². The zero-order chi connectivity index (χ0) is 16.1. The number of rotatable bonds is 5. The molecule has 1 aromatic carbocycles. The molecule has 22 heavy (non-hydrogen) atoms. The van der Waals surface area contributed by atoms with Crippen molar-refractivity contribution in [3.8, 4) is 0 Å². The highest BCUT2D eigenvalue weighted by atomic mass is 16.5. The van der Waals surface area contributed by atoms with Crippen molar-refractivity contribution in [1.29, 1.82) is 0 Å². The predicted octanol–water partition coefficient (Wildman–Crippen LogP) is 1.94. The van der Waals surface area contributed by atoms with Gasteiger partial charge in [0.05, 0.1) is 6.20 Å². The van der Waals surface area contributed by atoms with Gasteiger partial charge < -0.3 is 9.64 Å². The molecule has 0 N–H and O–H groups in total. The van der Waals surface area contributed by atoms with E-state index < -0.39 is 5.97 Å². The van der Waals surface area contributed by atoms with E-state index in [-0.39, 0.29) is 12.5 Å². The third kappa shape index (κ3) is 3.33. The van der Waals surface area contributed by atoms with Crippen molar-refractivity contribution < 1.29 is 14.3 Å². The number of likely N-dealkylation sites (N-methyl/N-ethyl adjacent to an activating group) is 1. The first kappa shape index (κ1) is 15.8. The molecule has 2 rings (SSSR count). The van der Waals surface area contributed by atoms with E-state index in [1.807, 2.05) is 37.3 Å². The van der Waals surface area contributed by atoms with Crippen LogP contribution in [0.3, 0.4) is 0 Å². The van der Waals surface area contributed by atoms with Crippen molar-refractivity contribution >= 4 is 17.6 Å². The number of anilines is 1. The van der Waals surface area contributed by atoms with E-state index in [9.17, 15) is 9.59 Å². The predicted molar refractivity (Wildman–Crippen MR) is 82.7 cm³/mol. The number of para-hydroxylation sites is 1. The van der Waals surface area contributed by atoms with Crippen LogP contribution in [-0.2, 0) is 16.6 Å². The van der Waals surface area contributed by atoms with E-state index in [1.165, 1.54) is 6.20 Å². The van der Waals surface area contributed by atoms with Crippen molar-refractivity contribution in [2.75, 3.05) is 18.1 Å². The number of amides is 1. The topological polar surface area (TPSA) is 64.4 Å². The summed E-state index contributed by atoms with van der Waals surface area (Å²) in [5, 5.41) is 3.98. The second-order valence-electron chi connectivity index (χ2n) is 4.82. The molecule has 2 aromatic rings. The third-order valence-electron chi connectivity index (χ3n) is 3.47. The summed E-state index contributed by atoms with van der Waals surface area (Å²) in [6.45, 7) is 3.86. The Morgan fingerprint density at radius 2 is 1.95 bits per heavy atom. The fraction of sp³-hybridized carbons (Fsp3) is 0.312. The van der Waals surface area contributed by atoms with Gasteiger partial charge in [0.1, 0.15) is 5.56 Å². The summed E-state index contributed by atoms with van der Waals surface area (Å²) in [5.41, 5.74) is 1.86. The molecule has 0 spiro atoms. The molecular weight excluding hydrogens is 282 g/mol. The Bertz CT molecular complexity index is 665. The minimum atomic E-state index is -0.539. The zero-order valence-corrected chi connectivity index (χ0v) is 12.9. The highest BCUT2D eigenvalue weighted by Gasteiger charge is 2.19. The molecule has 0 atom stereocenters. The molecule has 0 radical (unpaired) electrons. The molecule has 0 aliphatic heterocycles. The van der Waals surface area contributed by atoms with Gasteiger partial charge in [-0.1, -0.05) is 18.2 Å². The quantitative estimate of drug-likeness (QED) is 0.792. The molecule has 0 saturated carbocycles. The van der Waals surface area contributed by atoms with Crippen LogP contribution in [0.1, 0.15) is 23.0 Å². The Morgan fingerprint density at radius 3 is 2.50 bits per heavy atom. The second-order valence-corrected chi connectivity index (χ2v) is 4.82. The van der Waals surface area contributed by atoms with Gasteiger partial charge in [-0.05, 0) is 26.0 Å². The van der Waals surface area contributed by atoms with Gasteiger partial charge in [-0.15, -0.1) is 0 Å². The monoisotopic (exact) mass is 301 g/mol. The molecule has 1 aromatic heterocycles. The van der Waals surface area contributed by atoms with Crippen molar-refractivity contribution in [1.82, 2.24) is 9.78 Å². The van der Waals surface area contributed by atoms with Gasteiger partial charge >= 0.3 is 5.97 Å². The van der Waals surface area contributed by atoms with E-state index in [0.717, 1.165) is 5.69 Å². The first-order chi connectivity index (χ1) is 10.5. The lowest BCUT2D eigenvalue weighted by Gasteiger charge is -2.20. The Hall–Kier alpha value is -2.63. The van der Waals surface area contributed by atoms with E-state index in [1.54, 1.807) is 23.6 Å². The molecule has 1 heterocycles. The minimum Gasteiger partial charge on any atom is -0.452 e. The lowest BCUT2D eigenvalue weighted by Crippen LogP contribution is -2.34. The summed E-state index contributed by atoms with van der Waals surface area (Å²) in [7, 11) is 1.74. The highest BCUT2D eigenvalue weighted by Crippen LogP contribution is 2.13. The van der Waals surface area contributed by atoms with Gasteiger partial charge in [0.2, 0.25) is 0 Å². The van der Waals surface area contributed by atoms with E-state index >= 15 is 0 Å². The van der Waals surface area contributed by atoms with Gasteiger partial charge in [0, 0.05) is 25.0 Å². The van der Waals surface area contributed by atoms with Crippen LogP contribution in [0.2, 0.25) is 0 Å². The molecule has 0 fully saturated rings. The van der Waals surface area contributed by atoms with E-state index in [0.29, 0.717) is 17.8 Å². The Balaban J connectivity index is 2.00. The maximum Gasteiger partial charge on any atom is 0.342 e. The number of aromatic nitrogens is 2. The highest BCUT2D eigenvalue weighted by molar-refractivity contribution is 5.97. The molecule has 6 heteroatoms. The van der Waals surface area contributed by atoms with E-state index in [2.05, 4.69) is 5.10 Å². The number of benzene rings is 1. The molecule has 0 unspecified atom stereocenters. The summed E-state index contributed by atoms with van der Waals surface area (Å²) in [6.07, 6.45) is 1.44. The molecule has 0 bridgehead atoms. The van der Waals surface area contributed by atoms with E-state index in [4.69, 9.17) is 4.74 Å². The van der Waals surface area contributed by atoms with Crippen LogP contribution < -0.4 is 4.90 Å². The maximum absolute atomic E-state index is 12.2. The van der Waals surface area contributed by atoms with Gasteiger partial charge in [-0.2, -0.15) is 5.10 Å². The van der Waals surface area contributed by atoms with Crippen molar-refractivity contribution in [3.05, 3.63) is 47.8 Å². The standard InChI is InChI=1S/C16H19N3O3/c1-4-19(13-8-6-5-7-9-13)15(20)11-22-16(21)14-10-17-18(3)12(14)2/h5-10H,4,11H2,1-3H3. The Labute approximate surface area is 129 Å². The number of nitrogens with zero attached hydrogens (tertiary/aromatic N) is 3. The molecule has 0 aliphatic rings. The molecule has 116 valence electrons. The minimum absolute atomic E-state index is 0.261. The number of carbonyl (C=O) groups is 2. The third-order valence-corrected chi connectivity index (χ3v) is 3.47. The largest absolute Gasteiger partial charge is 0.452 e. The lowest BCUT2D eigenvalue weighted by atomic mass is 10.2. The van der Waals surface area contributed by atoms with Gasteiger partial charge in [-0.3, -0.25) is 9.48 Å². The van der Waals surface area contributed by atoms with Crippen molar-refractivity contribution in [2.24, 2.45) is 7.05 Å². The number of ether oxygens (including phenoxy) is 1. The van der Waals surface area contributed by atoms with Crippen LogP contribution in [-0.4, -0.2) is 34.8 Å². The Morgan fingerprint density at radius 1 is 1.27 bits per heavy atom. The SMILES string of the molecule is CCN(C(=O)COC(=O)c1cnn(C)c1C)c1ccccc1.